The summed E-state index contributed by atoms with van der Waals surface area (Å²) in [6.07, 6.45) is 3.97. The molecule has 0 aromatic carbocycles. The Morgan fingerprint density at radius 3 is 2.23 bits per heavy atom. The van der Waals surface area contributed by atoms with Crippen LogP contribution in [0.25, 0.3) is 0 Å². The smallest absolute Gasteiger partial charge is 0.235 e. The molecule has 0 saturated carbocycles. The summed E-state index contributed by atoms with van der Waals surface area (Å²) in [5.74, 6) is 0. The van der Waals surface area contributed by atoms with Crippen LogP contribution >= 0.6 is 32.7 Å². The molecule has 7 nitrogen and oxygen atoms in total. The molecule has 2 aliphatic heterocycles. The number of aromatic nitrogens is 2. The monoisotopic (exact) mass is 354 g/mol. The Labute approximate surface area is 137 Å². The molecule has 0 aliphatic carbocycles. The van der Waals surface area contributed by atoms with Crippen LogP contribution in [-0.4, -0.2) is 45.4 Å². The molecule has 0 saturated heterocycles. The van der Waals surface area contributed by atoms with Crippen molar-refractivity contribution < 1.29 is 4.48 Å². The molecule has 4 heterocycles. The average molecular weight is 355 g/mol. The lowest BCUT2D eigenvalue weighted by atomic mass is 10.7. The minimum absolute atomic E-state index is 0.0931. The number of rotatable bonds is 2. The lowest BCUT2D eigenvalue weighted by Crippen LogP contribution is -2.49. The van der Waals surface area contributed by atoms with Crippen molar-refractivity contribution >= 4 is 49.3 Å². The molecule has 2 aromatic heterocycles. The highest BCUT2D eigenvalue weighted by molar-refractivity contribution is 8.36. The number of quaternary nitrogens is 1. The van der Waals surface area contributed by atoms with Gasteiger partial charge < -0.3 is 11.5 Å². The van der Waals surface area contributed by atoms with E-state index in [1.807, 2.05) is 28.3 Å². The standard InChI is InChI=1S/C12H16N7S3/c1-19(2)7-15-18-3-4-22(12(18)19,8-5-20-10(13)16-8)9-6-21-11(14)17-9/h3-7,12H,1-2H3,(H2,13,16)(H2,14,17)/q+1. The predicted octanol–water partition coefficient (Wildman–Crippen LogP) is 2.09. The SMILES string of the molecule is C[N+]1(C)C=NN2C=CS(c3csc(N)n3)(c3csc(N)n3)C21. The van der Waals surface area contributed by atoms with Gasteiger partial charge in [0.2, 0.25) is 11.8 Å². The summed E-state index contributed by atoms with van der Waals surface area (Å²) in [6, 6.07) is 0. The Morgan fingerprint density at radius 1 is 1.14 bits per heavy atom. The lowest BCUT2D eigenvalue weighted by Gasteiger charge is -2.41. The molecule has 2 aliphatic rings. The Hall–Kier alpha value is -1.62. The van der Waals surface area contributed by atoms with E-state index in [1.165, 1.54) is 22.7 Å². The summed E-state index contributed by atoms with van der Waals surface area (Å²) in [7, 11) is 2.64. The Balaban J connectivity index is 1.96. The molecule has 10 heteroatoms. The van der Waals surface area contributed by atoms with Gasteiger partial charge in [-0.2, -0.15) is 0 Å². The van der Waals surface area contributed by atoms with Gasteiger partial charge in [-0.1, -0.05) is 10.0 Å². The second kappa shape index (κ2) is 4.44. The van der Waals surface area contributed by atoms with Crippen LogP contribution in [-0.2, 0) is 0 Å². The molecule has 2 aromatic rings. The van der Waals surface area contributed by atoms with Crippen molar-refractivity contribution in [1.29, 1.82) is 0 Å². The van der Waals surface area contributed by atoms with E-state index in [1.54, 1.807) is 0 Å². The minimum Gasteiger partial charge on any atom is -0.375 e. The molecule has 0 fully saturated rings. The maximum atomic E-state index is 5.90. The van der Waals surface area contributed by atoms with Crippen molar-refractivity contribution in [1.82, 2.24) is 15.0 Å². The normalized spacial score (nSPS) is 25.5. The topological polar surface area (TPSA) is 93.4 Å². The highest BCUT2D eigenvalue weighted by atomic mass is 32.3. The number of anilines is 2. The van der Waals surface area contributed by atoms with Crippen LogP contribution in [0.15, 0.2) is 37.5 Å². The fourth-order valence-corrected chi connectivity index (χ4v) is 8.66. The van der Waals surface area contributed by atoms with Crippen molar-refractivity contribution in [2.75, 3.05) is 25.6 Å². The van der Waals surface area contributed by atoms with E-state index >= 15 is 0 Å². The number of nitrogen functional groups attached to an aromatic ring is 2. The van der Waals surface area contributed by atoms with Crippen LogP contribution < -0.4 is 11.5 Å². The number of nitrogens with two attached hydrogens (primary N) is 2. The van der Waals surface area contributed by atoms with E-state index in [9.17, 15) is 0 Å². The molecule has 116 valence electrons. The van der Waals surface area contributed by atoms with Crippen molar-refractivity contribution in [2.24, 2.45) is 5.10 Å². The van der Waals surface area contributed by atoms with Crippen LogP contribution in [0.4, 0.5) is 10.3 Å². The van der Waals surface area contributed by atoms with Crippen molar-refractivity contribution in [3.8, 4) is 0 Å². The lowest BCUT2D eigenvalue weighted by molar-refractivity contribution is -0.807. The third kappa shape index (κ3) is 1.75. The van der Waals surface area contributed by atoms with E-state index in [4.69, 9.17) is 11.5 Å². The zero-order chi connectivity index (χ0) is 15.5. The summed E-state index contributed by atoms with van der Waals surface area (Å²) in [6.45, 7) is 0. The summed E-state index contributed by atoms with van der Waals surface area (Å²) in [4.78, 5) is 9.18. The average Bonchev–Trinajstić information content (AvgIpc) is 3.17. The van der Waals surface area contributed by atoms with E-state index in [0.717, 1.165) is 10.1 Å². The number of hydrazone groups is 1. The van der Waals surface area contributed by atoms with Crippen molar-refractivity contribution in [3.05, 3.63) is 22.4 Å². The quantitative estimate of drug-likeness (QED) is 0.806. The number of hydrogen-bond donors (Lipinski definition) is 2. The van der Waals surface area contributed by atoms with Gasteiger partial charge in [-0.05, 0) is 5.41 Å². The van der Waals surface area contributed by atoms with Crippen molar-refractivity contribution in [3.63, 3.8) is 0 Å². The zero-order valence-electron chi connectivity index (χ0n) is 12.1. The molecule has 1 atom stereocenters. The first-order valence-electron chi connectivity index (χ1n) is 6.53. The Bertz CT molecular complexity index is 750. The third-order valence-corrected chi connectivity index (χ3v) is 9.16. The van der Waals surface area contributed by atoms with Crippen LogP contribution in [0.1, 0.15) is 0 Å². The molecule has 4 rings (SSSR count). The highest BCUT2D eigenvalue weighted by Crippen LogP contribution is 2.72. The molecule has 22 heavy (non-hydrogen) atoms. The van der Waals surface area contributed by atoms with Crippen LogP contribution in [0.2, 0.25) is 0 Å². The minimum atomic E-state index is -1.63. The maximum absolute atomic E-state index is 5.90. The zero-order valence-corrected chi connectivity index (χ0v) is 14.5. The number of fused-ring (bicyclic) bond motifs is 1. The van der Waals surface area contributed by atoms with Crippen LogP contribution in [0, 0.1) is 0 Å². The summed E-state index contributed by atoms with van der Waals surface area (Å²) >= 11 is 2.91. The third-order valence-electron chi connectivity index (χ3n) is 3.73. The van der Waals surface area contributed by atoms with Gasteiger partial charge in [0.15, 0.2) is 10.3 Å². The second-order valence-corrected chi connectivity index (χ2v) is 10.3. The maximum Gasteiger partial charge on any atom is 0.235 e. The fraction of sp³-hybridized carbons (Fsp3) is 0.250. The Kier molecular flexibility index (Phi) is 2.83. The molecular formula is C12H16N7S3+. The van der Waals surface area contributed by atoms with Gasteiger partial charge in [0.25, 0.3) is 0 Å². The molecular weight excluding hydrogens is 338 g/mol. The highest BCUT2D eigenvalue weighted by Gasteiger charge is 2.56. The van der Waals surface area contributed by atoms with E-state index in [2.05, 4.69) is 34.6 Å². The molecule has 0 spiro atoms. The molecule has 1 unspecified atom stereocenters. The molecule has 0 amide bonds. The molecule has 4 N–H and O–H groups in total. The molecule has 0 radical (unpaired) electrons. The van der Waals surface area contributed by atoms with Crippen molar-refractivity contribution in [2.45, 2.75) is 15.5 Å². The van der Waals surface area contributed by atoms with Crippen LogP contribution in [0.5, 0.6) is 0 Å². The first-order valence-corrected chi connectivity index (χ1v) is 10.0. The van der Waals surface area contributed by atoms with Gasteiger partial charge in [-0.3, -0.25) is 4.48 Å². The first kappa shape index (κ1) is 14.0. The van der Waals surface area contributed by atoms with Gasteiger partial charge in [0.1, 0.15) is 10.1 Å². The largest absolute Gasteiger partial charge is 0.375 e. The van der Waals surface area contributed by atoms with Gasteiger partial charge in [0.05, 0.1) is 14.1 Å². The number of nitrogens with zero attached hydrogens (tertiary/aromatic N) is 5. The first-order chi connectivity index (χ1) is 10.4. The summed E-state index contributed by atoms with van der Waals surface area (Å²) in [5, 5.41) is 15.9. The Morgan fingerprint density at radius 2 is 1.73 bits per heavy atom. The second-order valence-electron chi connectivity index (χ2n) is 5.61. The van der Waals surface area contributed by atoms with Gasteiger partial charge in [-0.25, -0.2) is 15.0 Å². The predicted molar refractivity (Wildman–Crippen MR) is 92.5 cm³/mol. The number of thiazole rings is 2. The van der Waals surface area contributed by atoms with Gasteiger partial charge in [-0.15, -0.1) is 27.8 Å². The van der Waals surface area contributed by atoms with E-state index in [0.29, 0.717) is 14.7 Å². The van der Waals surface area contributed by atoms with E-state index < -0.39 is 10.0 Å². The number of hydrogen-bond acceptors (Lipinski definition) is 8. The van der Waals surface area contributed by atoms with Gasteiger partial charge in [0, 0.05) is 17.0 Å². The summed E-state index contributed by atoms with van der Waals surface area (Å²) < 4.78 is 0.636. The van der Waals surface area contributed by atoms with Crippen LogP contribution in [0.3, 0.4) is 0 Å². The summed E-state index contributed by atoms with van der Waals surface area (Å²) in [5.41, 5.74) is 11.9. The molecule has 0 bridgehead atoms. The van der Waals surface area contributed by atoms with E-state index in [-0.39, 0.29) is 5.50 Å². The fourth-order valence-electron chi connectivity index (χ4n) is 2.87. The van der Waals surface area contributed by atoms with Gasteiger partial charge >= 0.3 is 0 Å².